The first-order chi connectivity index (χ1) is 7.79. The molecule has 0 radical (unpaired) electrons. The fourth-order valence-corrected chi connectivity index (χ4v) is 1.84. The third-order valence-electron chi connectivity index (χ3n) is 2.67. The van der Waals surface area contributed by atoms with Gasteiger partial charge >= 0.3 is 0 Å². The number of rotatable bonds is 4. The quantitative estimate of drug-likeness (QED) is 0.890. The normalized spacial score (nSPS) is 17.9. The first-order valence-corrected chi connectivity index (χ1v) is 5.55. The molecule has 94 valence electrons. The van der Waals surface area contributed by atoms with Gasteiger partial charge in [-0.3, -0.25) is 0 Å². The number of aliphatic imine (C=N–C) groups is 1. The van der Waals surface area contributed by atoms with Crippen LogP contribution >= 0.6 is 12.4 Å². The van der Waals surface area contributed by atoms with Gasteiger partial charge in [0.25, 0.3) is 6.02 Å². The maximum absolute atomic E-state index is 5.49. The summed E-state index contributed by atoms with van der Waals surface area (Å²) in [6.07, 6.45) is 0. The van der Waals surface area contributed by atoms with Crippen molar-refractivity contribution in [2.24, 2.45) is 10.7 Å². The van der Waals surface area contributed by atoms with Crippen LogP contribution in [0.4, 0.5) is 5.69 Å². The van der Waals surface area contributed by atoms with E-state index in [4.69, 9.17) is 10.5 Å². The molecule has 0 saturated heterocycles. The molecule has 0 aromatic heterocycles. The predicted molar refractivity (Wildman–Crippen MR) is 72.9 cm³/mol. The summed E-state index contributed by atoms with van der Waals surface area (Å²) in [4.78, 5) is 6.51. The molecule has 0 unspecified atom stereocenters. The second kappa shape index (κ2) is 6.35. The summed E-state index contributed by atoms with van der Waals surface area (Å²) in [7, 11) is 0. The highest BCUT2D eigenvalue weighted by atomic mass is 35.5. The molecular formula is C12H18ClN3O. The largest absolute Gasteiger partial charge is 0.463 e. The Balaban J connectivity index is 0.00000144. The average Bonchev–Trinajstić information content (AvgIpc) is 2.73. The molecule has 0 saturated carbocycles. The molecule has 5 heteroatoms. The molecule has 2 N–H and O–H groups in total. The van der Waals surface area contributed by atoms with Crippen molar-refractivity contribution in [2.45, 2.75) is 13.0 Å². The highest BCUT2D eigenvalue weighted by molar-refractivity contribution is 5.85. The van der Waals surface area contributed by atoms with E-state index in [-0.39, 0.29) is 18.4 Å². The number of likely N-dealkylation sites (N-methyl/N-ethyl adjacent to an activating group) is 1. The van der Waals surface area contributed by atoms with Crippen LogP contribution in [-0.2, 0) is 4.74 Å². The minimum Gasteiger partial charge on any atom is -0.463 e. The molecular weight excluding hydrogens is 238 g/mol. The highest BCUT2D eigenvalue weighted by Gasteiger charge is 2.19. The van der Waals surface area contributed by atoms with Crippen LogP contribution in [0.5, 0.6) is 0 Å². The summed E-state index contributed by atoms with van der Waals surface area (Å²) in [5.74, 6) is 0. The molecule has 1 aliphatic heterocycles. The molecule has 1 heterocycles. The first kappa shape index (κ1) is 13.6. The standard InChI is InChI=1S/C12H17N3O.ClH/c1-2-15(11-6-4-3-5-7-11)8-10-9-16-12(13)14-10;/h3-7,10H,2,8-9H2,1H3,(H2,13,14);1H/t10-;/m0./s1. The van der Waals surface area contributed by atoms with Crippen molar-refractivity contribution in [3.05, 3.63) is 30.3 Å². The minimum atomic E-state index is 0. The molecule has 1 aromatic rings. The summed E-state index contributed by atoms with van der Waals surface area (Å²) in [5.41, 5.74) is 6.70. The maximum Gasteiger partial charge on any atom is 0.282 e. The van der Waals surface area contributed by atoms with Crippen molar-refractivity contribution >= 4 is 24.1 Å². The fraction of sp³-hybridized carbons (Fsp3) is 0.417. The van der Waals surface area contributed by atoms with Gasteiger partial charge in [0.15, 0.2) is 0 Å². The third kappa shape index (κ3) is 3.53. The molecule has 1 aromatic carbocycles. The monoisotopic (exact) mass is 255 g/mol. The van der Waals surface area contributed by atoms with Crippen molar-refractivity contribution < 1.29 is 4.74 Å². The highest BCUT2D eigenvalue weighted by Crippen LogP contribution is 2.15. The minimum absolute atomic E-state index is 0. The first-order valence-electron chi connectivity index (χ1n) is 5.55. The van der Waals surface area contributed by atoms with Crippen molar-refractivity contribution in [2.75, 3.05) is 24.6 Å². The van der Waals surface area contributed by atoms with Gasteiger partial charge in [0, 0.05) is 18.8 Å². The second-order valence-electron chi connectivity index (χ2n) is 3.81. The molecule has 0 fully saturated rings. The van der Waals surface area contributed by atoms with E-state index in [1.807, 2.05) is 18.2 Å². The van der Waals surface area contributed by atoms with E-state index in [1.54, 1.807) is 0 Å². The van der Waals surface area contributed by atoms with E-state index in [0.29, 0.717) is 12.6 Å². The van der Waals surface area contributed by atoms with E-state index in [9.17, 15) is 0 Å². The number of hydrogen-bond donors (Lipinski definition) is 1. The Kier molecular flexibility index (Phi) is 5.10. The maximum atomic E-state index is 5.49. The molecule has 0 aliphatic carbocycles. The molecule has 1 aliphatic rings. The number of para-hydroxylation sites is 1. The second-order valence-corrected chi connectivity index (χ2v) is 3.81. The van der Waals surface area contributed by atoms with Crippen molar-refractivity contribution in [3.8, 4) is 0 Å². The van der Waals surface area contributed by atoms with E-state index in [0.717, 1.165) is 13.1 Å². The molecule has 0 amide bonds. The summed E-state index contributed by atoms with van der Waals surface area (Å²) in [6, 6.07) is 10.8. The van der Waals surface area contributed by atoms with Gasteiger partial charge in [0.1, 0.15) is 12.6 Å². The SMILES string of the molecule is CCN(C[C@H]1COC(N)=N1)c1ccccc1.Cl. The van der Waals surface area contributed by atoms with Gasteiger partial charge < -0.3 is 15.4 Å². The lowest BCUT2D eigenvalue weighted by atomic mass is 10.2. The zero-order chi connectivity index (χ0) is 11.4. The van der Waals surface area contributed by atoms with Gasteiger partial charge in [0.05, 0.1) is 0 Å². The van der Waals surface area contributed by atoms with Crippen molar-refractivity contribution in [1.82, 2.24) is 0 Å². The number of nitrogens with two attached hydrogens (primary N) is 1. The number of hydrogen-bond acceptors (Lipinski definition) is 4. The van der Waals surface area contributed by atoms with Gasteiger partial charge in [-0.1, -0.05) is 18.2 Å². The van der Waals surface area contributed by atoms with Crippen LogP contribution in [0.3, 0.4) is 0 Å². The Morgan fingerprint density at radius 3 is 2.65 bits per heavy atom. The van der Waals surface area contributed by atoms with Gasteiger partial charge in [-0.15, -0.1) is 12.4 Å². The van der Waals surface area contributed by atoms with Crippen molar-refractivity contribution in [1.29, 1.82) is 0 Å². The van der Waals surface area contributed by atoms with Crippen LogP contribution in [0.15, 0.2) is 35.3 Å². The third-order valence-corrected chi connectivity index (χ3v) is 2.67. The summed E-state index contributed by atoms with van der Waals surface area (Å²) in [6.45, 7) is 4.53. The van der Waals surface area contributed by atoms with Gasteiger partial charge in [0.2, 0.25) is 0 Å². The summed E-state index contributed by atoms with van der Waals surface area (Å²) >= 11 is 0. The Labute approximate surface area is 108 Å². The van der Waals surface area contributed by atoms with Crippen LogP contribution in [0.1, 0.15) is 6.92 Å². The van der Waals surface area contributed by atoms with E-state index < -0.39 is 0 Å². The Morgan fingerprint density at radius 2 is 2.12 bits per heavy atom. The van der Waals surface area contributed by atoms with Gasteiger partial charge in [-0.05, 0) is 19.1 Å². The van der Waals surface area contributed by atoms with Crippen LogP contribution < -0.4 is 10.6 Å². The number of benzene rings is 1. The number of halogens is 1. The molecule has 17 heavy (non-hydrogen) atoms. The van der Waals surface area contributed by atoms with Gasteiger partial charge in [-0.2, -0.15) is 0 Å². The molecule has 0 spiro atoms. The number of amidine groups is 1. The zero-order valence-corrected chi connectivity index (χ0v) is 10.7. The molecule has 4 nitrogen and oxygen atoms in total. The topological polar surface area (TPSA) is 50.9 Å². The predicted octanol–water partition coefficient (Wildman–Crippen LogP) is 1.65. The van der Waals surface area contributed by atoms with Gasteiger partial charge in [-0.25, -0.2) is 4.99 Å². The van der Waals surface area contributed by atoms with Crippen LogP contribution in [0.2, 0.25) is 0 Å². The summed E-state index contributed by atoms with van der Waals surface area (Å²) < 4.78 is 5.15. The molecule has 0 bridgehead atoms. The fourth-order valence-electron chi connectivity index (χ4n) is 1.84. The lowest BCUT2D eigenvalue weighted by molar-refractivity contribution is 0.313. The summed E-state index contributed by atoms with van der Waals surface area (Å²) in [5, 5.41) is 0. The Morgan fingerprint density at radius 1 is 1.41 bits per heavy atom. The Hall–Kier alpha value is -1.42. The molecule has 1 atom stereocenters. The van der Waals surface area contributed by atoms with E-state index in [1.165, 1.54) is 5.69 Å². The van der Waals surface area contributed by atoms with Crippen LogP contribution in [0.25, 0.3) is 0 Å². The molecule has 2 rings (SSSR count). The number of ether oxygens (including phenoxy) is 1. The van der Waals surface area contributed by atoms with E-state index >= 15 is 0 Å². The lowest BCUT2D eigenvalue weighted by Gasteiger charge is -2.24. The zero-order valence-electron chi connectivity index (χ0n) is 9.87. The van der Waals surface area contributed by atoms with Crippen LogP contribution in [-0.4, -0.2) is 31.8 Å². The lowest BCUT2D eigenvalue weighted by Crippen LogP contribution is -2.32. The van der Waals surface area contributed by atoms with Crippen molar-refractivity contribution in [3.63, 3.8) is 0 Å². The smallest absolute Gasteiger partial charge is 0.282 e. The number of anilines is 1. The average molecular weight is 256 g/mol. The Bertz CT molecular complexity index is 369. The number of nitrogens with zero attached hydrogens (tertiary/aromatic N) is 2. The van der Waals surface area contributed by atoms with E-state index in [2.05, 4.69) is 28.9 Å². The van der Waals surface area contributed by atoms with Crippen LogP contribution in [0, 0.1) is 0 Å².